The number of alkyl halides is 3. The number of amides is 1. The van der Waals surface area contributed by atoms with E-state index in [4.69, 9.17) is 9.47 Å². The molecule has 3 rings (SSSR count). The molecular formula is C24H29F3N4O5. The molecule has 2 N–H and O–H groups in total. The van der Waals surface area contributed by atoms with Gasteiger partial charge in [-0.2, -0.15) is 13.2 Å². The lowest BCUT2D eigenvalue weighted by Crippen LogP contribution is -2.47. The molecule has 0 unspecified atom stereocenters. The predicted molar refractivity (Wildman–Crippen MR) is 125 cm³/mol. The maximum Gasteiger partial charge on any atom is 0.416 e. The fourth-order valence-corrected chi connectivity index (χ4v) is 3.98. The minimum atomic E-state index is -4.57. The summed E-state index contributed by atoms with van der Waals surface area (Å²) in [5, 5.41) is 21.2. The van der Waals surface area contributed by atoms with Gasteiger partial charge in [0.1, 0.15) is 22.6 Å². The lowest BCUT2D eigenvalue weighted by atomic mass is 10.00. The number of aromatic nitrogens is 2. The number of likely N-dealkylation sites (tertiary alicyclic amines) is 1. The molecule has 196 valence electrons. The second-order valence-corrected chi connectivity index (χ2v) is 9.53. The van der Waals surface area contributed by atoms with Gasteiger partial charge in [0.05, 0.1) is 12.7 Å². The molecule has 0 bridgehead atoms. The maximum atomic E-state index is 13.1. The molecule has 1 atom stereocenters. The van der Waals surface area contributed by atoms with Crippen molar-refractivity contribution >= 4 is 17.9 Å². The molecule has 1 aliphatic rings. The smallest absolute Gasteiger partial charge is 0.416 e. The van der Waals surface area contributed by atoms with E-state index in [0.717, 1.165) is 12.1 Å². The third-order valence-corrected chi connectivity index (χ3v) is 5.63. The van der Waals surface area contributed by atoms with Crippen LogP contribution in [-0.4, -0.2) is 64.1 Å². The summed E-state index contributed by atoms with van der Waals surface area (Å²) < 4.78 is 49.9. The third kappa shape index (κ3) is 6.16. The van der Waals surface area contributed by atoms with Crippen molar-refractivity contribution < 1.29 is 37.3 Å². The van der Waals surface area contributed by atoms with Crippen LogP contribution in [0.2, 0.25) is 0 Å². The highest BCUT2D eigenvalue weighted by molar-refractivity contribution is 5.96. The zero-order chi connectivity index (χ0) is 26.8. The molecule has 1 amide bonds. The SMILES string of the molecule is COc1cc(C(F)(F)F)ccc1-c1nnc(N[C@@H]2CCCN(C(=O)OC(C)(C)C)C2)c(C(=O)O)c1C. The molecule has 1 saturated heterocycles. The summed E-state index contributed by atoms with van der Waals surface area (Å²) in [4.78, 5) is 26.2. The fraction of sp³-hybridized carbons (Fsp3) is 0.500. The van der Waals surface area contributed by atoms with E-state index in [1.165, 1.54) is 20.1 Å². The number of aromatic carboxylic acids is 1. The molecule has 12 heteroatoms. The molecule has 2 heterocycles. The monoisotopic (exact) mass is 510 g/mol. The van der Waals surface area contributed by atoms with Gasteiger partial charge < -0.3 is 24.8 Å². The molecule has 1 aromatic carbocycles. The van der Waals surface area contributed by atoms with Crippen molar-refractivity contribution in [3.63, 3.8) is 0 Å². The van der Waals surface area contributed by atoms with Crippen molar-refractivity contribution in [2.75, 3.05) is 25.5 Å². The lowest BCUT2D eigenvalue weighted by molar-refractivity contribution is -0.137. The highest BCUT2D eigenvalue weighted by Gasteiger charge is 2.33. The lowest BCUT2D eigenvalue weighted by Gasteiger charge is -2.34. The summed E-state index contributed by atoms with van der Waals surface area (Å²) in [5.74, 6) is -1.39. The normalized spacial score (nSPS) is 16.4. The van der Waals surface area contributed by atoms with Gasteiger partial charge in [-0.15, -0.1) is 10.2 Å². The van der Waals surface area contributed by atoms with Gasteiger partial charge in [0, 0.05) is 24.7 Å². The fourth-order valence-electron chi connectivity index (χ4n) is 3.98. The highest BCUT2D eigenvalue weighted by atomic mass is 19.4. The van der Waals surface area contributed by atoms with E-state index in [1.807, 2.05) is 0 Å². The Balaban J connectivity index is 1.91. The van der Waals surface area contributed by atoms with Crippen LogP contribution in [0.3, 0.4) is 0 Å². The Labute approximate surface area is 206 Å². The Hall–Kier alpha value is -3.57. The van der Waals surface area contributed by atoms with E-state index in [1.54, 1.807) is 25.7 Å². The van der Waals surface area contributed by atoms with Crippen LogP contribution in [0.15, 0.2) is 18.2 Å². The number of methoxy groups -OCH3 is 1. The largest absolute Gasteiger partial charge is 0.496 e. The van der Waals surface area contributed by atoms with Crippen LogP contribution >= 0.6 is 0 Å². The van der Waals surface area contributed by atoms with Crippen LogP contribution in [0.25, 0.3) is 11.3 Å². The number of halogens is 3. The Morgan fingerprint density at radius 1 is 1.19 bits per heavy atom. The molecule has 36 heavy (non-hydrogen) atoms. The molecule has 1 aliphatic heterocycles. The van der Waals surface area contributed by atoms with Gasteiger partial charge in [-0.3, -0.25) is 0 Å². The molecule has 0 radical (unpaired) electrons. The topological polar surface area (TPSA) is 114 Å². The Kier molecular flexibility index (Phi) is 7.65. The summed E-state index contributed by atoms with van der Waals surface area (Å²) in [6, 6.07) is 2.58. The number of nitrogens with zero attached hydrogens (tertiary/aromatic N) is 3. The number of hydrogen-bond donors (Lipinski definition) is 2. The van der Waals surface area contributed by atoms with Gasteiger partial charge >= 0.3 is 18.2 Å². The predicted octanol–water partition coefficient (Wildman–Crippen LogP) is 4.99. The van der Waals surface area contributed by atoms with Crippen LogP contribution in [0.5, 0.6) is 5.75 Å². The van der Waals surface area contributed by atoms with Crippen LogP contribution in [0.4, 0.5) is 23.8 Å². The number of carboxylic acids is 1. The number of rotatable bonds is 5. The molecule has 0 saturated carbocycles. The molecule has 9 nitrogen and oxygen atoms in total. The standard InChI is InChI=1S/C24H29F3N4O5/c1-13-18(21(32)33)20(28-15-7-6-10-31(12-15)22(34)36-23(2,3)4)30-29-19(13)16-9-8-14(24(25,26)27)11-17(16)35-5/h8-9,11,15H,6-7,10,12H2,1-5H3,(H,28,30)(H,32,33)/t15-/m1/s1. The highest BCUT2D eigenvalue weighted by Crippen LogP contribution is 2.38. The number of piperidine rings is 1. The zero-order valence-corrected chi connectivity index (χ0v) is 20.7. The molecular weight excluding hydrogens is 481 g/mol. The van der Waals surface area contributed by atoms with Crippen molar-refractivity contribution in [3.8, 4) is 17.0 Å². The Morgan fingerprint density at radius 2 is 1.89 bits per heavy atom. The van der Waals surface area contributed by atoms with E-state index in [-0.39, 0.29) is 46.5 Å². The first-order valence-corrected chi connectivity index (χ1v) is 11.3. The average Bonchev–Trinajstić information content (AvgIpc) is 2.77. The van der Waals surface area contributed by atoms with Crippen molar-refractivity contribution in [2.24, 2.45) is 0 Å². The van der Waals surface area contributed by atoms with Gasteiger partial charge in [-0.05, 0) is 64.3 Å². The summed E-state index contributed by atoms with van der Waals surface area (Å²) in [5.41, 5.74) is -1.25. The number of hydrogen-bond acceptors (Lipinski definition) is 7. The minimum absolute atomic E-state index is 0.00525. The summed E-state index contributed by atoms with van der Waals surface area (Å²) in [6.45, 7) is 7.61. The van der Waals surface area contributed by atoms with Crippen molar-refractivity contribution in [3.05, 3.63) is 34.9 Å². The molecule has 1 fully saturated rings. The maximum absolute atomic E-state index is 13.1. The van der Waals surface area contributed by atoms with Gasteiger partial charge in [0.2, 0.25) is 0 Å². The summed E-state index contributed by atoms with van der Waals surface area (Å²) in [7, 11) is 1.22. The first-order valence-electron chi connectivity index (χ1n) is 11.3. The van der Waals surface area contributed by atoms with E-state index in [2.05, 4.69) is 15.5 Å². The number of carbonyl (C=O) groups excluding carboxylic acids is 1. The van der Waals surface area contributed by atoms with Gasteiger partial charge in [0.15, 0.2) is 5.82 Å². The molecule has 1 aromatic heterocycles. The number of carboxylic acid groups (broad SMARTS) is 1. The van der Waals surface area contributed by atoms with E-state index >= 15 is 0 Å². The number of carbonyl (C=O) groups is 2. The van der Waals surface area contributed by atoms with Crippen LogP contribution < -0.4 is 10.1 Å². The van der Waals surface area contributed by atoms with Gasteiger partial charge in [-0.25, -0.2) is 9.59 Å². The second kappa shape index (κ2) is 10.2. The molecule has 0 aliphatic carbocycles. The number of benzene rings is 1. The second-order valence-electron chi connectivity index (χ2n) is 9.53. The minimum Gasteiger partial charge on any atom is -0.496 e. The number of nitrogens with one attached hydrogen (secondary N) is 1. The van der Waals surface area contributed by atoms with E-state index < -0.39 is 29.4 Å². The van der Waals surface area contributed by atoms with Crippen LogP contribution in [0.1, 0.15) is 55.1 Å². The Bertz CT molecular complexity index is 1150. The first-order chi connectivity index (χ1) is 16.7. The molecule has 2 aromatic rings. The van der Waals surface area contributed by atoms with Gasteiger partial charge in [-0.1, -0.05) is 0 Å². The zero-order valence-electron chi connectivity index (χ0n) is 20.7. The van der Waals surface area contributed by atoms with E-state index in [9.17, 15) is 27.9 Å². The van der Waals surface area contributed by atoms with Crippen LogP contribution in [0, 0.1) is 6.92 Å². The summed E-state index contributed by atoms with van der Waals surface area (Å²) >= 11 is 0. The number of ether oxygens (including phenoxy) is 2. The third-order valence-electron chi connectivity index (χ3n) is 5.63. The van der Waals surface area contributed by atoms with Crippen LogP contribution in [-0.2, 0) is 10.9 Å². The van der Waals surface area contributed by atoms with E-state index in [0.29, 0.717) is 19.4 Å². The Morgan fingerprint density at radius 3 is 2.47 bits per heavy atom. The van der Waals surface area contributed by atoms with Gasteiger partial charge in [0.25, 0.3) is 0 Å². The van der Waals surface area contributed by atoms with Crippen molar-refractivity contribution in [1.82, 2.24) is 15.1 Å². The number of anilines is 1. The molecule has 0 spiro atoms. The first kappa shape index (κ1) is 27.0. The average molecular weight is 511 g/mol. The quantitative estimate of drug-likeness (QED) is 0.579. The van der Waals surface area contributed by atoms with Crippen molar-refractivity contribution in [1.29, 1.82) is 0 Å². The van der Waals surface area contributed by atoms with Crippen molar-refractivity contribution in [2.45, 2.75) is 58.4 Å². The summed E-state index contributed by atoms with van der Waals surface area (Å²) in [6.07, 6.45) is -3.70.